The second-order valence-electron chi connectivity index (χ2n) is 12.3. The minimum atomic E-state index is -1.49. The van der Waals surface area contributed by atoms with Crippen molar-refractivity contribution in [3.8, 4) is 39.9 Å². The summed E-state index contributed by atoms with van der Waals surface area (Å²) in [6, 6.07) is 24.1. The van der Waals surface area contributed by atoms with Crippen molar-refractivity contribution in [2.24, 2.45) is 0 Å². The van der Waals surface area contributed by atoms with E-state index in [9.17, 15) is 5.11 Å². The molecule has 0 fully saturated rings. The first-order valence-electron chi connectivity index (χ1n) is 14.1. The van der Waals surface area contributed by atoms with Gasteiger partial charge in [0, 0.05) is 18.8 Å². The summed E-state index contributed by atoms with van der Waals surface area (Å²) in [5, 5.41) is 14.6. The van der Waals surface area contributed by atoms with E-state index in [1.54, 1.807) is 28.4 Å². The number of hydrogen-bond acceptors (Lipinski definition) is 5. The van der Waals surface area contributed by atoms with Crippen molar-refractivity contribution in [3.05, 3.63) is 83.9 Å². The molecule has 42 heavy (non-hydrogen) atoms. The zero-order valence-electron chi connectivity index (χ0n) is 26.5. The second-order valence-corrected chi connectivity index (χ2v) is 14.4. The summed E-state index contributed by atoms with van der Waals surface area (Å²) in [6.45, 7) is 13.3. The van der Waals surface area contributed by atoms with Gasteiger partial charge in [-0.25, -0.2) is 0 Å². The van der Waals surface area contributed by atoms with Crippen molar-refractivity contribution < 1.29 is 24.1 Å². The van der Waals surface area contributed by atoms with Crippen LogP contribution in [0.25, 0.3) is 11.1 Å². The number of para-hydroxylation sites is 1. The van der Waals surface area contributed by atoms with Crippen LogP contribution in [0.5, 0.6) is 28.7 Å². The molecule has 4 rings (SSSR count). The summed E-state index contributed by atoms with van der Waals surface area (Å²) in [4.78, 5) is 0. The number of methoxy groups -OCH3 is 4. The number of benzene rings is 4. The van der Waals surface area contributed by atoms with Crippen molar-refractivity contribution in [1.29, 1.82) is 0 Å². The zero-order valence-corrected chi connectivity index (χ0v) is 27.4. The standard InChI is InChI=1S/C36H43O5P/c1-35(2,3)24-20-23(21-25(22-24)36(4,5)6)26-14-11-19-31(32(26)37)42(33-27(38-7)15-12-16-28(33)39-8)34-29(40-9)17-13-18-30(34)41-10/h11-22,37H,1-10H3. The largest absolute Gasteiger partial charge is 0.507 e. The molecule has 0 spiro atoms. The second kappa shape index (κ2) is 12.3. The van der Waals surface area contributed by atoms with Crippen LogP contribution in [0, 0.1) is 0 Å². The first-order valence-corrected chi connectivity index (χ1v) is 15.4. The van der Waals surface area contributed by atoms with Crippen LogP contribution in [0.2, 0.25) is 0 Å². The highest BCUT2D eigenvalue weighted by molar-refractivity contribution is 7.80. The lowest BCUT2D eigenvalue weighted by molar-refractivity contribution is 0.399. The van der Waals surface area contributed by atoms with Gasteiger partial charge in [0.05, 0.1) is 39.0 Å². The SMILES string of the molecule is COc1cccc(OC)c1P(c1cccc(-c2cc(C(C)(C)C)cc(C(C)(C)C)c2)c1O)c1c(OC)cccc1OC. The number of rotatable bonds is 8. The molecule has 0 saturated heterocycles. The minimum absolute atomic E-state index is 0.0641. The predicted molar refractivity (Wildman–Crippen MR) is 176 cm³/mol. The van der Waals surface area contributed by atoms with Crippen molar-refractivity contribution in [3.63, 3.8) is 0 Å². The maximum atomic E-state index is 12.2. The molecule has 0 aliphatic rings. The Morgan fingerprint density at radius 2 is 0.929 bits per heavy atom. The molecule has 0 aliphatic heterocycles. The Bertz CT molecular complexity index is 1430. The van der Waals surface area contributed by atoms with E-state index in [0.717, 1.165) is 27.0 Å². The van der Waals surface area contributed by atoms with Gasteiger partial charge in [-0.05, 0) is 51.8 Å². The third-order valence-electron chi connectivity index (χ3n) is 7.48. The number of ether oxygens (including phenoxy) is 4. The summed E-state index contributed by atoms with van der Waals surface area (Å²) in [6.07, 6.45) is 0. The lowest BCUT2D eigenvalue weighted by atomic mass is 9.79. The minimum Gasteiger partial charge on any atom is -0.507 e. The topological polar surface area (TPSA) is 57.2 Å². The zero-order chi connectivity index (χ0) is 30.8. The molecule has 0 bridgehead atoms. The summed E-state index contributed by atoms with van der Waals surface area (Å²) in [5.41, 5.74) is 4.04. The fourth-order valence-electron chi connectivity index (χ4n) is 5.05. The number of hydrogen-bond donors (Lipinski definition) is 1. The van der Waals surface area contributed by atoms with Gasteiger partial charge >= 0.3 is 0 Å². The molecule has 0 amide bonds. The van der Waals surface area contributed by atoms with Crippen LogP contribution < -0.4 is 34.9 Å². The first-order chi connectivity index (χ1) is 19.8. The monoisotopic (exact) mass is 586 g/mol. The van der Waals surface area contributed by atoms with Crippen LogP contribution in [0.3, 0.4) is 0 Å². The van der Waals surface area contributed by atoms with Gasteiger partial charge in [0.2, 0.25) is 0 Å². The van der Waals surface area contributed by atoms with E-state index in [1.165, 1.54) is 11.1 Å². The molecule has 4 aromatic rings. The van der Waals surface area contributed by atoms with Crippen molar-refractivity contribution in [2.45, 2.75) is 52.4 Å². The molecule has 0 atom stereocenters. The quantitative estimate of drug-likeness (QED) is 0.218. The molecular weight excluding hydrogens is 543 g/mol. The average molecular weight is 587 g/mol. The fourth-order valence-corrected chi connectivity index (χ4v) is 7.87. The Hall–Kier alpha value is -3.69. The van der Waals surface area contributed by atoms with E-state index in [0.29, 0.717) is 23.0 Å². The normalized spacial score (nSPS) is 11.9. The maximum Gasteiger partial charge on any atom is 0.131 e. The van der Waals surface area contributed by atoms with Crippen molar-refractivity contribution in [2.75, 3.05) is 28.4 Å². The van der Waals surface area contributed by atoms with E-state index in [4.69, 9.17) is 18.9 Å². The first kappa shape index (κ1) is 31.3. The van der Waals surface area contributed by atoms with Gasteiger partial charge in [0.15, 0.2) is 0 Å². The van der Waals surface area contributed by atoms with Crippen LogP contribution in [-0.4, -0.2) is 33.5 Å². The Morgan fingerprint density at radius 1 is 0.548 bits per heavy atom. The lowest BCUT2D eigenvalue weighted by Crippen LogP contribution is -2.26. The van der Waals surface area contributed by atoms with E-state index in [-0.39, 0.29) is 16.6 Å². The molecule has 0 unspecified atom stereocenters. The molecule has 0 saturated carbocycles. The van der Waals surface area contributed by atoms with Crippen LogP contribution in [0.1, 0.15) is 52.7 Å². The summed E-state index contributed by atoms with van der Waals surface area (Å²) >= 11 is 0. The van der Waals surface area contributed by atoms with Crippen molar-refractivity contribution in [1.82, 2.24) is 0 Å². The molecule has 5 nitrogen and oxygen atoms in total. The smallest absolute Gasteiger partial charge is 0.131 e. The van der Waals surface area contributed by atoms with Gasteiger partial charge in [-0.15, -0.1) is 0 Å². The summed E-state index contributed by atoms with van der Waals surface area (Å²) in [5.74, 6) is 2.83. The molecule has 4 aromatic carbocycles. The highest BCUT2D eigenvalue weighted by Crippen LogP contribution is 2.49. The predicted octanol–water partition coefficient (Wildman–Crippen LogP) is 7.45. The molecule has 0 radical (unpaired) electrons. The van der Waals surface area contributed by atoms with Gasteiger partial charge in [-0.1, -0.05) is 90.1 Å². The molecular formula is C36H43O5P. The van der Waals surface area contributed by atoms with Gasteiger partial charge in [-0.3, -0.25) is 0 Å². The molecule has 0 aromatic heterocycles. The van der Waals surface area contributed by atoms with Gasteiger partial charge < -0.3 is 24.1 Å². The fraction of sp³-hybridized carbons (Fsp3) is 0.333. The Balaban J connectivity index is 2.11. The van der Waals surface area contributed by atoms with Gasteiger partial charge in [0.25, 0.3) is 0 Å². The summed E-state index contributed by atoms with van der Waals surface area (Å²) < 4.78 is 23.6. The average Bonchev–Trinajstić information content (AvgIpc) is 2.96. The van der Waals surface area contributed by atoms with E-state index in [1.807, 2.05) is 54.6 Å². The van der Waals surface area contributed by atoms with Crippen LogP contribution in [-0.2, 0) is 10.8 Å². The number of phenolic OH excluding ortho intramolecular Hbond substituents is 1. The van der Waals surface area contributed by atoms with Crippen LogP contribution in [0.4, 0.5) is 0 Å². The molecule has 1 N–H and O–H groups in total. The highest BCUT2D eigenvalue weighted by Gasteiger charge is 2.33. The van der Waals surface area contributed by atoms with Gasteiger partial charge in [-0.2, -0.15) is 0 Å². The third kappa shape index (κ3) is 6.08. The van der Waals surface area contributed by atoms with Crippen molar-refractivity contribution >= 4 is 23.8 Å². The van der Waals surface area contributed by atoms with Gasteiger partial charge in [0.1, 0.15) is 28.7 Å². The Kier molecular flexibility index (Phi) is 9.13. The Labute approximate surface area is 252 Å². The molecule has 0 aliphatic carbocycles. The lowest BCUT2D eigenvalue weighted by Gasteiger charge is -2.28. The number of phenols is 1. The van der Waals surface area contributed by atoms with Crippen LogP contribution >= 0.6 is 7.92 Å². The summed E-state index contributed by atoms with van der Waals surface area (Å²) in [7, 11) is 5.10. The molecule has 0 heterocycles. The maximum absolute atomic E-state index is 12.2. The van der Waals surface area contributed by atoms with E-state index in [2.05, 4.69) is 59.7 Å². The highest BCUT2D eigenvalue weighted by atomic mass is 31.1. The third-order valence-corrected chi connectivity index (χ3v) is 10.1. The Morgan fingerprint density at radius 3 is 1.29 bits per heavy atom. The molecule has 6 heteroatoms. The van der Waals surface area contributed by atoms with E-state index < -0.39 is 7.92 Å². The molecule has 222 valence electrons. The van der Waals surface area contributed by atoms with Crippen LogP contribution in [0.15, 0.2) is 72.8 Å². The van der Waals surface area contributed by atoms with E-state index >= 15 is 0 Å². The number of aromatic hydroxyl groups is 1.